The standard InChI is InChI=1S/C17H19BrClNO/c1-3-20-17(12-5-8-14(19)9-6-12)15-11-13(18)7-10-16(15)21-4-2/h5-11,17,20H,3-4H2,1-2H3. The molecule has 2 rings (SSSR count). The van der Waals surface area contributed by atoms with Gasteiger partial charge in [0.05, 0.1) is 12.6 Å². The number of ether oxygens (including phenoxy) is 1. The third-order valence-electron chi connectivity index (χ3n) is 3.19. The summed E-state index contributed by atoms with van der Waals surface area (Å²) in [6, 6.07) is 14.1. The number of halogens is 2. The molecule has 0 aliphatic rings. The molecule has 0 heterocycles. The van der Waals surface area contributed by atoms with E-state index in [1.807, 2.05) is 43.3 Å². The summed E-state index contributed by atoms with van der Waals surface area (Å²) in [7, 11) is 0. The molecule has 0 aromatic heterocycles. The fourth-order valence-electron chi connectivity index (χ4n) is 2.30. The van der Waals surface area contributed by atoms with Crippen molar-refractivity contribution in [2.45, 2.75) is 19.9 Å². The summed E-state index contributed by atoms with van der Waals surface area (Å²) >= 11 is 9.54. The maximum atomic E-state index is 5.99. The second-order valence-electron chi connectivity index (χ2n) is 4.66. The number of rotatable bonds is 6. The summed E-state index contributed by atoms with van der Waals surface area (Å²) in [4.78, 5) is 0. The zero-order valence-corrected chi connectivity index (χ0v) is 14.5. The highest BCUT2D eigenvalue weighted by atomic mass is 79.9. The van der Waals surface area contributed by atoms with Gasteiger partial charge in [0, 0.05) is 15.1 Å². The van der Waals surface area contributed by atoms with Crippen molar-refractivity contribution in [2.24, 2.45) is 0 Å². The second-order valence-corrected chi connectivity index (χ2v) is 6.01. The monoisotopic (exact) mass is 367 g/mol. The van der Waals surface area contributed by atoms with Crippen molar-refractivity contribution < 1.29 is 4.74 Å². The van der Waals surface area contributed by atoms with E-state index >= 15 is 0 Å². The van der Waals surface area contributed by atoms with E-state index in [0.29, 0.717) is 6.61 Å². The van der Waals surface area contributed by atoms with Gasteiger partial charge >= 0.3 is 0 Å². The molecule has 112 valence electrons. The van der Waals surface area contributed by atoms with Crippen LogP contribution < -0.4 is 10.1 Å². The Morgan fingerprint density at radius 2 is 1.86 bits per heavy atom. The molecule has 0 amide bonds. The molecule has 0 bridgehead atoms. The minimum atomic E-state index is 0.0753. The summed E-state index contributed by atoms with van der Waals surface area (Å²) in [5.74, 6) is 0.904. The molecule has 0 saturated heterocycles. The Kier molecular flexibility index (Phi) is 6.09. The maximum absolute atomic E-state index is 5.99. The molecular formula is C17H19BrClNO. The van der Waals surface area contributed by atoms with Crippen LogP contribution in [0.25, 0.3) is 0 Å². The highest BCUT2D eigenvalue weighted by Crippen LogP contribution is 2.33. The largest absolute Gasteiger partial charge is 0.494 e. The van der Waals surface area contributed by atoms with Gasteiger partial charge in [0.15, 0.2) is 0 Å². The van der Waals surface area contributed by atoms with E-state index < -0.39 is 0 Å². The van der Waals surface area contributed by atoms with Gasteiger partial charge in [-0.05, 0) is 49.4 Å². The zero-order chi connectivity index (χ0) is 15.2. The van der Waals surface area contributed by atoms with Gasteiger partial charge in [-0.2, -0.15) is 0 Å². The average Bonchev–Trinajstić information content (AvgIpc) is 2.48. The Labute approximate surface area is 139 Å². The van der Waals surface area contributed by atoms with Crippen LogP contribution >= 0.6 is 27.5 Å². The lowest BCUT2D eigenvalue weighted by Crippen LogP contribution is -2.22. The number of hydrogen-bond acceptors (Lipinski definition) is 2. The Balaban J connectivity index is 2.46. The summed E-state index contributed by atoms with van der Waals surface area (Å²) in [6.45, 7) is 5.61. The molecule has 1 unspecified atom stereocenters. The lowest BCUT2D eigenvalue weighted by atomic mass is 9.98. The second kappa shape index (κ2) is 7.83. The predicted molar refractivity (Wildman–Crippen MR) is 92.3 cm³/mol. The van der Waals surface area contributed by atoms with Gasteiger partial charge in [-0.25, -0.2) is 0 Å². The molecule has 2 aromatic carbocycles. The SMILES string of the molecule is CCNC(c1ccc(Cl)cc1)c1cc(Br)ccc1OCC. The first-order valence-electron chi connectivity index (χ1n) is 7.06. The summed E-state index contributed by atoms with van der Waals surface area (Å²) in [5, 5.41) is 4.26. The predicted octanol–water partition coefficient (Wildman–Crippen LogP) is 5.20. The maximum Gasteiger partial charge on any atom is 0.124 e. The fraction of sp³-hybridized carbons (Fsp3) is 0.294. The number of nitrogens with one attached hydrogen (secondary N) is 1. The van der Waals surface area contributed by atoms with Crippen molar-refractivity contribution >= 4 is 27.5 Å². The number of benzene rings is 2. The fourth-order valence-corrected chi connectivity index (χ4v) is 2.80. The summed E-state index contributed by atoms with van der Waals surface area (Å²) in [5.41, 5.74) is 2.29. The van der Waals surface area contributed by atoms with Gasteiger partial charge in [0.25, 0.3) is 0 Å². The molecule has 0 aliphatic carbocycles. The molecule has 21 heavy (non-hydrogen) atoms. The van der Waals surface area contributed by atoms with Crippen LogP contribution in [0.5, 0.6) is 5.75 Å². The molecule has 0 aliphatic heterocycles. The minimum absolute atomic E-state index is 0.0753. The molecule has 0 fully saturated rings. The molecule has 2 aromatic rings. The molecule has 0 spiro atoms. The molecule has 0 radical (unpaired) electrons. The first kappa shape index (κ1) is 16.3. The minimum Gasteiger partial charge on any atom is -0.494 e. The highest BCUT2D eigenvalue weighted by molar-refractivity contribution is 9.10. The van der Waals surface area contributed by atoms with Crippen LogP contribution in [0, 0.1) is 0 Å². The zero-order valence-electron chi connectivity index (χ0n) is 12.2. The van der Waals surface area contributed by atoms with E-state index in [1.54, 1.807) is 0 Å². The van der Waals surface area contributed by atoms with Gasteiger partial charge in [-0.1, -0.05) is 46.6 Å². The van der Waals surface area contributed by atoms with Crippen molar-refractivity contribution in [3.63, 3.8) is 0 Å². The van der Waals surface area contributed by atoms with Crippen LogP contribution in [-0.2, 0) is 0 Å². The quantitative estimate of drug-likeness (QED) is 0.756. The van der Waals surface area contributed by atoms with E-state index in [9.17, 15) is 0 Å². The normalized spacial score (nSPS) is 12.2. The van der Waals surface area contributed by atoms with E-state index in [2.05, 4.69) is 34.2 Å². The van der Waals surface area contributed by atoms with Crippen LogP contribution in [0.2, 0.25) is 5.02 Å². The Morgan fingerprint density at radius 1 is 1.14 bits per heavy atom. The lowest BCUT2D eigenvalue weighted by molar-refractivity contribution is 0.333. The van der Waals surface area contributed by atoms with Gasteiger partial charge < -0.3 is 10.1 Å². The van der Waals surface area contributed by atoms with Crippen LogP contribution in [-0.4, -0.2) is 13.2 Å². The van der Waals surface area contributed by atoms with Gasteiger partial charge in [-0.15, -0.1) is 0 Å². The van der Waals surface area contributed by atoms with Gasteiger partial charge in [0.1, 0.15) is 5.75 Å². The topological polar surface area (TPSA) is 21.3 Å². The smallest absolute Gasteiger partial charge is 0.124 e. The third kappa shape index (κ3) is 4.22. The van der Waals surface area contributed by atoms with Crippen LogP contribution in [0.4, 0.5) is 0 Å². The third-order valence-corrected chi connectivity index (χ3v) is 3.94. The molecular weight excluding hydrogens is 350 g/mol. The van der Waals surface area contributed by atoms with Crippen LogP contribution in [0.3, 0.4) is 0 Å². The van der Waals surface area contributed by atoms with Crippen molar-refractivity contribution in [3.8, 4) is 5.75 Å². The average molecular weight is 369 g/mol. The van der Waals surface area contributed by atoms with Crippen molar-refractivity contribution in [2.75, 3.05) is 13.2 Å². The van der Waals surface area contributed by atoms with Crippen molar-refractivity contribution in [1.29, 1.82) is 0 Å². The van der Waals surface area contributed by atoms with Crippen molar-refractivity contribution in [1.82, 2.24) is 5.32 Å². The van der Waals surface area contributed by atoms with E-state index in [1.165, 1.54) is 5.56 Å². The Bertz CT molecular complexity index is 586. The lowest BCUT2D eigenvalue weighted by Gasteiger charge is -2.22. The molecule has 2 nitrogen and oxygen atoms in total. The van der Waals surface area contributed by atoms with E-state index in [4.69, 9.17) is 16.3 Å². The first-order chi connectivity index (χ1) is 10.2. The Morgan fingerprint density at radius 3 is 2.48 bits per heavy atom. The van der Waals surface area contributed by atoms with E-state index in [0.717, 1.165) is 27.4 Å². The molecule has 1 atom stereocenters. The van der Waals surface area contributed by atoms with Crippen LogP contribution in [0.1, 0.15) is 31.0 Å². The molecule has 1 N–H and O–H groups in total. The highest BCUT2D eigenvalue weighted by Gasteiger charge is 2.18. The summed E-state index contributed by atoms with van der Waals surface area (Å²) < 4.78 is 6.82. The van der Waals surface area contributed by atoms with Gasteiger partial charge in [0.2, 0.25) is 0 Å². The van der Waals surface area contributed by atoms with Crippen LogP contribution in [0.15, 0.2) is 46.9 Å². The molecule has 0 saturated carbocycles. The Hall–Kier alpha value is -1.03. The number of hydrogen-bond donors (Lipinski definition) is 1. The van der Waals surface area contributed by atoms with E-state index in [-0.39, 0.29) is 6.04 Å². The van der Waals surface area contributed by atoms with Gasteiger partial charge in [-0.3, -0.25) is 0 Å². The summed E-state index contributed by atoms with van der Waals surface area (Å²) in [6.07, 6.45) is 0. The molecule has 4 heteroatoms. The van der Waals surface area contributed by atoms with Crippen molar-refractivity contribution in [3.05, 3.63) is 63.1 Å². The first-order valence-corrected chi connectivity index (χ1v) is 8.23.